The van der Waals surface area contributed by atoms with Gasteiger partial charge in [-0.2, -0.15) is 0 Å². The van der Waals surface area contributed by atoms with Gasteiger partial charge in [-0.15, -0.1) is 0 Å². The highest BCUT2D eigenvalue weighted by molar-refractivity contribution is 5.90. The third-order valence-electron chi connectivity index (χ3n) is 8.63. The molecular weight excluding hydrogens is 527 g/mol. The number of unbranched alkanes of at least 4 members (excludes halogenated alkanes) is 8. The van der Waals surface area contributed by atoms with Crippen LogP contribution in [0.5, 0.6) is 0 Å². The molecule has 2 atom stereocenters. The van der Waals surface area contributed by atoms with E-state index in [9.17, 15) is 14.0 Å². The number of carbonyl (C=O) groups is 2. The third-order valence-corrected chi connectivity index (χ3v) is 8.63. The van der Waals surface area contributed by atoms with E-state index in [4.69, 9.17) is 9.47 Å². The fraction of sp³-hybridized carbons (Fsp3) is 0.622. The highest BCUT2D eigenvalue weighted by Gasteiger charge is 2.28. The van der Waals surface area contributed by atoms with E-state index < -0.39 is 12.1 Å². The lowest BCUT2D eigenvalue weighted by molar-refractivity contribution is -0.157. The molecule has 0 aliphatic heterocycles. The predicted molar refractivity (Wildman–Crippen MR) is 169 cm³/mol. The molecule has 0 saturated heterocycles. The number of hydrogen-bond donors (Lipinski definition) is 0. The second-order valence-electron chi connectivity index (χ2n) is 12.2. The van der Waals surface area contributed by atoms with E-state index in [2.05, 4.69) is 38.1 Å². The molecule has 0 bridgehead atoms. The molecule has 2 aromatic carbocycles. The lowest BCUT2D eigenvalue weighted by atomic mass is 9.82. The molecule has 0 radical (unpaired) electrons. The fourth-order valence-electron chi connectivity index (χ4n) is 5.89. The minimum atomic E-state index is -1.50. The minimum absolute atomic E-state index is 0.0702. The molecule has 0 heterocycles. The molecule has 232 valence electrons. The summed E-state index contributed by atoms with van der Waals surface area (Å²) in [5.41, 5.74) is 4.02. The van der Waals surface area contributed by atoms with Crippen LogP contribution >= 0.6 is 0 Å². The van der Waals surface area contributed by atoms with Gasteiger partial charge in [0.15, 0.2) is 6.17 Å². The third kappa shape index (κ3) is 11.5. The summed E-state index contributed by atoms with van der Waals surface area (Å²) < 4.78 is 25.5. The first kappa shape index (κ1) is 33.8. The van der Waals surface area contributed by atoms with Gasteiger partial charge in [-0.1, -0.05) is 102 Å². The van der Waals surface area contributed by atoms with Crippen LogP contribution < -0.4 is 0 Å². The van der Waals surface area contributed by atoms with Crippen LogP contribution in [0.4, 0.5) is 4.39 Å². The first-order chi connectivity index (χ1) is 20.4. The molecule has 42 heavy (non-hydrogen) atoms. The highest BCUT2D eigenvalue weighted by Crippen LogP contribution is 2.35. The Morgan fingerprint density at radius 3 is 1.88 bits per heavy atom. The Kier molecular flexibility index (Phi) is 15.1. The lowest BCUT2D eigenvalue weighted by Gasteiger charge is -2.29. The Morgan fingerprint density at radius 1 is 0.738 bits per heavy atom. The van der Waals surface area contributed by atoms with Crippen LogP contribution in [-0.2, 0) is 14.3 Å². The molecule has 0 aromatic heterocycles. The van der Waals surface area contributed by atoms with E-state index in [1.54, 1.807) is 0 Å². The summed E-state index contributed by atoms with van der Waals surface area (Å²) in [6, 6.07) is 16.2. The Labute approximate surface area is 253 Å². The van der Waals surface area contributed by atoms with Gasteiger partial charge in [-0.05, 0) is 93.0 Å². The molecule has 0 spiro atoms. The van der Waals surface area contributed by atoms with E-state index in [1.807, 2.05) is 31.2 Å². The van der Waals surface area contributed by atoms with Gasteiger partial charge >= 0.3 is 11.9 Å². The summed E-state index contributed by atoms with van der Waals surface area (Å²) in [6.07, 6.45) is 14.0. The molecule has 0 N–H and O–H groups in total. The van der Waals surface area contributed by atoms with E-state index in [1.165, 1.54) is 44.1 Å². The average Bonchev–Trinajstić information content (AvgIpc) is 3.01. The van der Waals surface area contributed by atoms with Gasteiger partial charge in [0.1, 0.15) is 6.10 Å². The standard InChI is InChI=1S/C37H53FO4/c1-4-6-8-10-11-13-15-35(38)37(40)42-34-26-24-32(25-27-34)30-18-16-29(17-19-30)31-20-22-33(23-21-31)36(39)41-28(3)14-12-9-7-5-2/h16-23,28,32,34-35H,4-15,24-27H2,1-3H3/t28-,32-,34-,35+/m1/s1. The Hall–Kier alpha value is -2.69. The molecule has 2 aromatic rings. The maximum Gasteiger partial charge on any atom is 0.340 e. The second-order valence-corrected chi connectivity index (χ2v) is 12.2. The van der Waals surface area contributed by atoms with Crippen molar-refractivity contribution in [2.24, 2.45) is 0 Å². The van der Waals surface area contributed by atoms with Crippen molar-refractivity contribution in [1.29, 1.82) is 0 Å². The summed E-state index contributed by atoms with van der Waals surface area (Å²) in [4.78, 5) is 24.8. The van der Waals surface area contributed by atoms with Gasteiger partial charge in [0.2, 0.25) is 0 Å². The molecule has 1 fully saturated rings. The number of halogens is 1. The Morgan fingerprint density at radius 2 is 1.26 bits per heavy atom. The number of rotatable bonds is 18. The van der Waals surface area contributed by atoms with Crippen LogP contribution in [0.1, 0.15) is 145 Å². The first-order valence-corrected chi connectivity index (χ1v) is 16.7. The van der Waals surface area contributed by atoms with Crippen molar-refractivity contribution in [2.45, 2.75) is 148 Å². The van der Waals surface area contributed by atoms with Crippen LogP contribution in [0.25, 0.3) is 11.1 Å². The lowest BCUT2D eigenvalue weighted by Crippen LogP contribution is -2.28. The first-order valence-electron chi connectivity index (χ1n) is 16.7. The van der Waals surface area contributed by atoms with Crippen molar-refractivity contribution in [3.8, 4) is 11.1 Å². The van der Waals surface area contributed by atoms with Gasteiger partial charge in [0, 0.05) is 0 Å². The molecule has 3 rings (SSSR count). The van der Waals surface area contributed by atoms with Crippen molar-refractivity contribution < 1.29 is 23.5 Å². The van der Waals surface area contributed by atoms with E-state index in [-0.39, 0.29) is 24.6 Å². The maximum absolute atomic E-state index is 14.3. The monoisotopic (exact) mass is 580 g/mol. The molecule has 4 nitrogen and oxygen atoms in total. The fourth-order valence-corrected chi connectivity index (χ4v) is 5.89. The van der Waals surface area contributed by atoms with Crippen LogP contribution in [0.2, 0.25) is 0 Å². The number of esters is 2. The van der Waals surface area contributed by atoms with Gasteiger partial charge in [-0.25, -0.2) is 14.0 Å². The zero-order valence-electron chi connectivity index (χ0n) is 26.3. The molecule has 5 heteroatoms. The molecule has 1 aliphatic carbocycles. The summed E-state index contributed by atoms with van der Waals surface area (Å²) in [5.74, 6) is -0.520. The Bertz CT molecular complexity index is 1040. The van der Waals surface area contributed by atoms with Crippen LogP contribution in [-0.4, -0.2) is 30.3 Å². The number of alkyl halides is 1. The highest BCUT2D eigenvalue weighted by atomic mass is 19.1. The van der Waals surface area contributed by atoms with Gasteiger partial charge < -0.3 is 9.47 Å². The van der Waals surface area contributed by atoms with Crippen LogP contribution in [0, 0.1) is 0 Å². The summed E-state index contributed by atoms with van der Waals surface area (Å²) in [5, 5.41) is 0. The number of carbonyl (C=O) groups excluding carboxylic acids is 2. The van der Waals surface area contributed by atoms with Crippen LogP contribution in [0.15, 0.2) is 48.5 Å². The van der Waals surface area contributed by atoms with Crippen molar-refractivity contribution in [1.82, 2.24) is 0 Å². The van der Waals surface area contributed by atoms with Crippen molar-refractivity contribution in [3.05, 3.63) is 59.7 Å². The van der Waals surface area contributed by atoms with E-state index in [0.717, 1.165) is 68.9 Å². The van der Waals surface area contributed by atoms with E-state index >= 15 is 0 Å². The summed E-state index contributed by atoms with van der Waals surface area (Å²) >= 11 is 0. The average molecular weight is 581 g/mol. The van der Waals surface area contributed by atoms with Gasteiger partial charge in [0.05, 0.1) is 11.7 Å². The molecule has 1 saturated carbocycles. The number of ether oxygens (including phenoxy) is 2. The number of benzene rings is 2. The quantitative estimate of drug-likeness (QED) is 0.130. The smallest absolute Gasteiger partial charge is 0.340 e. The summed E-state index contributed by atoms with van der Waals surface area (Å²) in [6.45, 7) is 6.34. The minimum Gasteiger partial charge on any atom is -0.460 e. The topological polar surface area (TPSA) is 52.6 Å². The summed E-state index contributed by atoms with van der Waals surface area (Å²) in [7, 11) is 0. The van der Waals surface area contributed by atoms with Crippen molar-refractivity contribution in [2.75, 3.05) is 0 Å². The normalized spacial score (nSPS) is 18.3. The SMILES string of the molecule is CCCCCCCC[C@H](F)C(=O)O[C@H]1CC[C@H](c2ccc(-c3ccc(C(=O)O[C@H](C)CCCCCC)cc3)cc2)CC1. The maximum atomic E-state index is 14.3. The largest absolute Gasteiger partial charge is 0.460 e. The van der Waals surface area contributed by atoms with E-state index in [0.29, 0.717) is 11.5 Å². The molecule has 0 unspecified atom stereocenters. The van der Waals surface area contributed by atoms with Gasteiger partial charge in [-0.3, -0.25) is 0 Å². The van der Waals surface area contributed by atoms with Crippen molar-refractivity contribution in [3.63, 3.8) is 0 Å². The Balaban J connectivity index is 1.40. The zero-order valence-corrected chi connectivity index (χ0v) is 26.3. The van der Waals surface area contributed by atoms with Gasteiger partial charge in [0.25, 0.3) is 0 Å². The molecular formula is C37H53FO4. The van der Waals surface area contributed by atoms with Crippen molar-refractivity contribution >= 4 is 11.9 Å². The second kappa shape index (κ2) is 18.8. The number of hydrogen-bond acceptors (Lipinski definition) is 4. The molecule has 1 aliphatic rings. The predicted octanol–water partition coefficient (Wildman–Crippen LogP) is 10.5. The molecule has 0 amide bonds. The zero-order chi connectivity index (χ0) is 30.2. The van der Waals surface area contributed by atoms with Crippen LogP contribution in [0.3, 0.4) is 0 Å².